The third-order valence-electron chi connectivity index (χ3n) is 4.92. The molecular formula is C20H27NO4. The van der Waals surface area contributed by atoms with Gasteiger partial charge < -0.3 is 15.6 Å². The fourth-order valence-electron chi connectivity index (χ4n) is 3.42. The summed E-state index contributed by atoms with van der Waals surface area (Å²) in [7, 11) is 0. The van der Waals surface area contributed by atoms with Crippen molar-refractivity contribution in [3.05, 3.63) is 35.4 Å². The van der Waals surface area contributed by atoms with Crippen molar-refractivity contribution in [2.45, 2.75) is 46.1 Å². The molecule has 0 bridgehead atoms. The minimum Gasteiger partial charge on any atom is -0.477 e. The van der Waals surface area contributed by atoms with E-state index in [1.165, 1.54) is 6.08 Å². The molecular weight excluding hydrogens is 318 g/mol. The number of carbonyl (C=O) groups is 2. The van der Waals surface area contributed by atoms with Crippen molar-refractivity contribution in [2.75, 3.05) is 5.73 Å². The zero-order valence-electron chi connectivity index (χ0n) is 15.1. The van der Waals surface area contributed by atoms with Crippen LogP contribution < -0.4 is 5.73 Å². The average molecular weight is 345 g/mol. The van der Waals surface area contributed by atoms with Gasteiger partial charge in [-0.15, -0.1) is 0 Å². The molecule has 3 N–H and O–H groups in total. The Morgan fingerprint density at radius 1 is 1.24 bits per heavy atom. The molecule has 0 radical (unpaired) electrons. The predicted octanol–water partition coefficient (Wildman–Crippen LogP) is 3.74. The zero-order chi connectivity index (χ0) is 18.6. The number of carboxylic acids is 1. The summed E-state index contributed by atoms with van der Waals surface area (Å²) in [4.78, 5) is 24.0. The largest absolute Gasteiger partial charge is 0.477 e. The summed E-state index contributed by atoms with van der Waals surface area (Å²) in [5.74, 6) is -0.922. The second kappa shape index (κ2) is 8.19. The van der Waals surface area contributed by atoms with Gasteiger partial charge in [0.1, 0.15) is 11.7 Å². The molecule has 25 heavy (non-hydrogen) atoms. The fraction of sp³-hybridized carbons (Fsp3) is 0.500. The third-order valence-corrected chi connectivity index (χ3v) is 4.92. The number of aliphatic carboxylic acids is 1. The summed E-state index contributed by atoms with van der Waals surface area (Å²) in [5, 5.41) is 9.42. The van der Waals surface area contributed by atoms with E-state index in [0.29, 0.717) is 23.1 Å². The molecule has 0 saturated heterocycles. The van der Waals surface area contributed by atoms with E-state index in [0.717, 1.165) is 19.3 Å². The molecule has 2 rings (SSSR count). The molecule has 1 aliphatic rings. The first-order valence-corrected chi connectivity index (χ1v) is 8.79. The van der Waals surface area contributed by atoms with E-state index in [-0.39, 0.29) is 17.6 Å². The van der Waals surface area contributed by atoms with Crippen molar-refractivity contribution in [2.24, 2.45) is 17.8 Å². The van der Waals surface area contributed by atoms with Crippen LogP contribution in [0.2, 0.25) is 0 Å². The minimum atomic E-state index is -1.29. The van der Waals surface area contributed by atoms with Gasteiger partial charge in [0.25, 0.3) is 0 Å². The fourth-order valence-corrected chi connectivity index (χ4v) is 3.42. The molecule has 1 aromatic rings. The van der Waals surface area contributed by atoms with Crippen molar-refractivity contribution < 1.29 is 19.4 Å². The molecule has 5 nitrogen and oxygen atoms in total. The lowest BCUT2D eigenvalue weighted by molar-refractivity contribution is -0.153. The molecule has 0 aliphatic heterocycles. The van der Waals surface area contributed by atoms with Gasteiger partial charge in [0.15, 0.2) is 0 Å². The summed E-state index contributed by atoms with van der Waals surface area (Å²) in [5.41, 5.74) is 6.45. The quantitative estimate of drug-likeness (QED) is 0.279. The van der Waals surface area contributed by atoms with E-state index < -0.39 is 11.9 Å². The molecule has 5 heteroatoms. The van der Waals surface area contributed by atoms with Crippen LogP contribution in [0.25, 0.3) is 6.08 Å². The van der Waals surface area contributed by atoms with Crippen molar-refractivity contribution in [3.63, 3.8) is 0 Å². The molecule has 0 spiro atoms. The lowest BCUT2D eigenvalue weighted by atomic mass is 9.75. The number of ether oxygens (including phenoxy) is 1. The van der Waals surface area contributed by atoms with Crippen LogP contribution in [0.3, 0.4) is 0 Å². The summed E-state index contributed by atoms with van der Waals surface area (Å²) in [6, 6.07) is 6.67. The first-order chi connectivity index (χ1) is 11.8. The number of rotatable bonds is 5. The monoisotopic (exact) mass is 345 g/mol. The molecule has 1 saturated carbocycles. The van der Waals surface area contributed by atoms with Gasteiger partial charge in [-0.2, -0.15) is 0 Å². The van der Waals surface area contributed by atoms with Crippen LogP contribution in [0.15, 0.2) is 29.8 Å². The Kier molecular flexibility index (Phi) is 6.23. The predicted molar refractivity (Wildman–Crippen MR) is 97.7 cm³/mol. The maximum Gasteiger partial charge on any atom is 0.345 e. The van der Waals surface area contributed by atoms with Crippen LogP contribution in [0, 0.1) is 17.8 Å². The molecule has 136 valence electrons. The molecule has 1 aromatic carbocycles. The van der Waals surface area contributed by atoms with Gasteiger partial charge in [-0.1, -0.05) is 39.3 Å². The lowest BCUT2D eigenvalue weighted by Gasteiger charge is -2.36. The van der Waals surface area contributed by atoms with E-state index in [1.54, 1.807) is 24.3 Å². The van der Waals surface area contributed by atoms with Gasteiger partial charge in [0.2, 0.25) is 0 Å². The van der Waals surface area contributed by atoms with Crippen LogP contribution >= 0.6 is 0 Å². The number of hydrogen-bond donors (Lipinski definition) is 2. The second-order valence-electron chi connectivity index (χ2n) is 7.30. The second-order valence-corrected chi connectivity index (χ2v) is 7.30. The van der Waals surface area contributed by atoms with Crippen LogP contribution in [-0.4, -0.2) is 23.1 Å². The molecule has 1 fully saturated rings. The Balaban J connectivity index is 2.19. The van der Waals surface area contributed by atoms with Crippen LogP contribution in [0.1, 0.15) is 45.6 Å². The highest BCUT2D eigenvalue weighted by molar-refractivity contribution is 6.17. The van der Waals surface area contributed by atoms with Crippen molar-refractivity contribution in [3.8, 4) is 0 Å². The molecule has 0 heterocycles. The average Bonchev–Trinajstić information content (AvgIpc) is 2.53. The summed E-state index contributed by atoms with van der Waals surface area (Å²) < 4.78 is 5.64. The highest BCUT2D eigenvalue weighted by Crippen LogP contribution is 2.35. The van der Waals surface area contributed by atoms with Gasteiger partial charge in [-0.05, 0) is 54.4 Å². The zero-order valence-corrected chi connectivity index (χ0v) is 15.1. The number of carbonyl (C=O) groups excluding carboxylic acids is 1. The van der Waals surface area contributed by atoms with Crippen molar-refractivity contribution in [1.82, 2.24) is 0 Å². The molecule has 0 amide bonds. The van der Waals surface area contributed by atoms with E-state index in [1.807, 2.05) is 0 Å². The van der Waals surface area contributed by atoms with Crippen molar-refractivity contribution in [1.29, 1.82) is 0 Å². The highest BCUT2D eigenvalue weighted by atomic mass is 16.5. The summed E-state index contributed by atoms with van der Waals surface area (Å²) >= 11 is 0. The number of anilines is 1. The lowest BCUT2D eigenvalue weighted by Crippen LogP contribution is -2.36. The smallest absolute Gasteiger partial charge is 0.345 e. The van der Waals surface area contributed by atoms with Crippen LogP contribution in [0.5, 0.6) is 0 Å². The topological polar surface area (TPSA) is 89.6 Å². The number of nitrogens with two attached hydrogens (primary N) is 1. The Hall–Kier alpha value is -2.30. The molecule has 3 unspecified atom stereocenters. The van der Waals surface area contributed by atoms with Gasteiger partial charge in [0.05, 0.1) is 0 Å². The Morgan fingerprint density at radius 2 is 1.88 bits per heavy atom. The molecule has 0 aromatic heterocycles. The van der Waals surface area contributed by atoms with E-state index >= 15 is 0 Å². The normalized spacial score (nSPS) is 24.2. The van der Waals surface area contributed by atoms with Crippen LogP contribution in [-0.2, 0) is 14.3 Å². The minimum absolute atomic E-state index is 0.231. The highest BCUT2D eigenvalue weighted by Gasteiger charge is 2.34. The number of benzene rings is 1. The first kappa shape index (κ1) is 19.0. The Bertz CT molecular complexity index is 648. The Morgan fingerprint density at radius 3 is 2.44 bits per heavy atom. The van der Waals surface area contributed by atoms with Gasteiger partial charge in [-0.3, -0.25) is 0 Å². The summed E-state index contributed by atoms with van der Waals surface area (Å²) in [6.07, 6.45) is 4.00. The number of hydrogen-bond acceptors (Lipinski definition) is 4. The Labute approximate surface area is 148 Å². The summed E-state index contributed by atoms with van der Waals surface area (Å²) in [6.45, 7) is 6.37. The van der Waals surface area contributed by atoms with E-state index in [4.69, 9.17) is 10.5 Å². The molecule has 3 atom stereocenters. The van der Waals surface area contributed by atoms with Crippen LogP contribution in [0.4, 0.5) is 5.69 Å². The SMILES string of the molecule is CC1CCC(C(C)C)C(OC(=O)C(=Cc2ccc(N)cc2)C(=O)O)C1. The maximum atomic E-state index is 12.5. The number of carboxylic acid groups (broad SMARTS) is 1. The van der Waals surface area contributed by atoms with Gasteiger partial charge in [0, 0.05) is 5.69 Å². The number of nitrogen functional groups attached to an aromatic ring is 1. The van der Waals surface area contributed by atoms with E-state index in [2.05, 4.69) is 20.8 Å². The van der Waals surface area contributed by atoms with Gasteiger partial charge in [-0.25, -0.2) is 9.59 Å². The standard InChI is InChI=1S/C20H27NO4/c1-12(2)16-9-4-13(3)10-18(16)25-20(24)17(19(22)23)11-14-5-7-15(21)8-6-14/h5-8,11-13,16,18H,4,9-10,21H2,1-3H3,(H,22,23). The maximum absolute atomic E-state index is 12.5. The van der Waals surface area contributed by atoms with E-state index in [9.17, 15) is 14.7 Å². The molecule has 1 aliphatic carbocycles. The van der Waals surface area contributed by atoms with Gasteiger partial charge >= 0.3 is 11.9 Å². The van der Waals surface area contributed by atoms with Crippen molar-refractivity contribution >= 4 is 23.7 Å². The first-order valence-electron chi connectivity index (χ1n) is 8.79. The number of esters is 1. The third kappa shape index (κ3) is 5.08.